The third kappa shape index (κ3) is 4.02. The van der Waals surface area contributed by atoms with E-state index < -0.39 is 17.2 Å². The lowest BCUT2D eigenvalue weighted by Crippen LogP contribution is -2.48. The molecule has 1 fully saturated rings. The third-order valence-electron chi connectivity index (χ3n) is 7.30. The minimum Gasteiger partial charge on any atom is -0.488 e. The minimum atomic E-state index is -0.832. The summed E-state index contributed by atoms with van der Waals surface area (Å²) in [6.07, 6.45) is 3.65. The van der Waals surface area contributed by atoms with Crippen molar-refractivity contribution in [3.05, 3.63) is 82.5 Å². The van der Waals surface area contributed by atoms with Crippen LogP contribution in [0.15, 0.2) is 54.7 Å². The molecular formula is C28H25ClF2N4O3. The molecule has 1 saturated heterocycles. The molecule has 10 heteroatoms. The quantitative estimate of drug-likeness (QED) is 0.306. The zero-order valence-electron chi connectivity index (χ0n) is 20.3. The van der Waals surface area contributed by atoms with Gasteiger partial charge in [-0.25, -0.2) is 8.78 Å². The number of nitrogens with zero attached hydrogens (tertiary/aromatic N) is 2. The molecule has 3 aromatic carbocycles. The number of benzene rings is 3. The first-order valence-corrected chi connectivity index (χ1v) is 12.8. The molecule has 196 valence electrons. The Balaban J connectivity index is 1.59. The van der Waals surface area contributed by atoms with Crippen LogP contribution in [0.25, 0.3) is 22.4 Å². The number of aliphatic hydroxyl groups excluding tert-OH is 1. The molecule has 2 atom stereocenters. The minimum absolute atomic E-state index is 0.0296. The van der Waals surface area contributed by atoms with Crippen LogP contribution in [-0.2, 0) is 12.0 Å². The van der Waals surface area contributed by atoms with Crippen LogP contribution in [0.4, 0.5) is 8.78 Å². The first-order valence-electron chi connectivity index (χ1n) is 12.4. The smallest absolute Gasteiger partial charge is 0.173 e. The van der Waals surface area contributed by atoms with Crippen LogP contribution in [0.1, 0.15) is 24.0 Å². The molecule has 0 aliphatic carbocycles. The molecule has 2 aliphatic heterocycles. The Morgan fingerprint density at radius 1 is 1.16 bits per heavy atom. The molecule has 0 radical (unpaired) electrons. The van der Waals surface area contributed by atoms with E-state index in [4.69, 9.17) is 21.1 Å². The zero-order valence-corrected chi connectivity index (χ0v) is 21.1. The maximum atomic E-state index is 16.2. The Bertz CT molecular complexity index is 1460. The van der Waals surface area contributed by atoms with E-state index in [9.17, 15) is 5.11 Å². The highest BCUT2D eigenvalue weighted by Crippen LogP contribution is 2.53. The number of fused-ring (bicyclic) bond motifs is 1. The lowest BCUT2D eigenvalue weighted by molar-refractivity contribution is 0.0539. The Morgan fingerprint density at radius 2 is 2.00 bits per heavy atom. The van der Waals surface area contributed by atoms with Crippen molar-refractivity contribution in [2.45, 2.75) is 30.9 Å². The predicted molar refractivity (Wildman–Crippen MR) is 138 cm³/mol. The lowest BCUT2D eigenvalue weighted by atomic mass is 9.80. The van der Waals surface area contributed by atoms with E-state index in [1.165, 1.54) is 18.3 Å². The monoisotopic (exact) mass is 538 g/mol. The van der Waals surface area contributed by atoms with Crippen molar-refractivity contribution < 1.29 is 23.4 Å². The molecular weight excluding hydrogens is 514 g/mol. The van der Waals surface area contributed by atoms with E-state index in [0.717, 1.165) is 24.9 Å². The van der Waals surface area contributed by atoms with Crippen LogP contribution in [0, 0.1) is 11.6 Å². The number of ether oxygens (including phenoxy) is 2. The summed E-state index contributed by atoms with van der Waals surface area (Å²) in [5, 5.41) is 23.1. The second-order valence-corrected chi connectivity index (χ2v) is 9.81. The Hall–Kier alpha value is -3.53. The third-order valence-corrected chi connectivity index (χ3v) is 7.67. The topological polar surface area (TPSA) is 92.3 Å². The van der Waals surface area contributed by atoms with Gasteiger partial charge in [0.1, 0.15) is 23.9 Å². The van der Waals surface area contributed by atoms with Crippen LogP contribution in [-0.4, -0.2) is 46.3 Å². The van der Waals surface area contributed by atoms with Crippen LogP contribution in [0.3, 0.4) is 0 Å². The molecule has 0 amide bonds. The second kappa shape index (κ2) is 9.98. The highest BCUT2D eigenvalue weighted by Gasteiger charge is 2.50. The summed E-state index contributed by atoms with van der Waals surface area (Å²) in [4.78, 5) is 0. The summed E-state index contributed by atoms with van der Waals surface area (Å²) < 4.78 is 43.7. The van der Waals surface area contributed by atoms with Gasteiger partial charge in [-0.15, -0.1) is 0 Å². The fraction of sp³-hybridized carbons (Fsp3) is 0.286. The van der Waals surface area contributed by atoms with Gasteiger partial charge in [-0.2, -0.15) is 15.4 Å². The highest BCUT2D eigenvalue weighted by molar-refractivity contribution is 6.34. The molecule has 6 rings (SSSR count). The maximum absolute atomic E-state index is 16.2. The molecule has 0 bridgehead atoms. The van der Waals surface area contributed by atoms with Crippen molar-refractivity contribution in [1.29, 1.82) is 0 Å². The first kappa shape index (κ1) is 24.8. The molecule has 7 nitrogen and oxygen atoms in total. The number of hydrogen-bond acceptors (Lipinski definition) is 6. The molecule has 2 aliphatic rings. The van der Waals surface area contributed by atoms with Crippen LogP contribution in [0.5, 0.6) is 11.5 Å². The fourth-order valence-corrected chi connectivity index (χ4v) is 5.90. The Morgan fingerprint density at radius 3 is 2.71 bits per heavy atom. The second-order valence-electron chi connectivity index (χ2n) is 9.43. The number of aliphatic hydroxyl groups is 1. The van der Waals surface area contributed by atoms with E-state index >= 15 is 8.78 Å². The van der Waals surface area contributed by atoms with Gasteiger partial charge in [-0.3, -0.25) is 0 Å². The number of H-pyrrole nitrogens is 1. The van der Waals surface area contributed by atoms with Crippen LogP contribution >= 0.6 is 11.6 Å². The molecule has 1 unspecified atom stereocenters. The first-order chi connectivity index (χ1) is 18.5. The number of aromatic amines is 1. The predicted octanol–water partition coefficient (Wildman–Crippen LogP) is 5.02. The molecule has 3 N–H and O–H groups in total. The zero-order chi connectivity index (χ0) is 26.3. The summed E-state index contributed by atoms with van der Waals surface area (Å²) in [6.45, 7) is 0.441. The van der Waals surface area contributed by atoms with Gasteiger partial charge < -0.3 is 19.9 Å². The largest absolute Gasteiger partial charge is 0.488 e. The van der Waals surface area contributed by atoms with Crippen LogP contribution < -0.4 is 14.8 Å². The van der Waals surface area contributed by atoms with E-state index in [1.54, 1.807) is 6.07 Å². The van der Waals surface area contributed by atoms with Gasteiger partial charge in [-0.1, -0.05) is 41.9 Å². The van der Waals surface area contributed by atoms with Crippen molar-refractivity contribution in [2.75, 3.05) is 19.8 Å². The van der Waals surface area contributed by atoms with Gasteiger partial charge in [-0.05, 0) is 37.1 Å². The van der Waals surface area contributed by atoms with E-state index in [-0.39, 0.29) is 41.2 Å². The van der Waals surface area contributed by atoms with Crippen molar-refractivity contribution >= 4 is 11.6 Å². The van der Waals surface area contributed by atoms with Crippen molar-refractivity contribution in [3.63, 3.8) is 0 Å². The highest BCUT2D eigenvalue weighted by atomic mass is 35.5. The average Bonchev–Trinajstić information content (AvgIpc) is 3.71. The molecule has 4 aromatic rings. The number of nitrogens with one attached hydrogen (secondary N) is 2. The van der Waals surface area contributed by atoms with Gasteiger partial charge >= 0.3 is 0 Å². The summed E-state index contributed by atoms with van der Waals surface area (Å²) in [5.74, 6) is -1.26. The van der Waals surface area contributed by atoms with Gasteiger partial charge in [0.2, 0.25) is 0 Å². The van der Waals surface area contributed by atoms with Gasteiger partial charge in [0.15, 0.2) is 17.2 Å². The fourth-order valence-electron chi connectivity index (χ4n) is 5.64. The van der Waals surface area contributed by atoms with E-state index in [0.29, 0.717) is 29.0 Å². The number of aromatic nitrogens is 3. The normalized spacial score (nSPS) is 20.4. The van der Waals surface area contributed by atoms with Gasteiger partial charge in [0.25, 0.3) is 0 Å². The summed E-state index contributed by atoms with van der Waals surface area (Å²) in [6, 6.07) is 14.1. The van der Waals surface area contributed by atoms with Crippen molar-refractivity contribution in [2.24, 2.45) is 0 Å². The summed E-state index contributed by atoms with van der Waals surface area (Å²) in [7, 11) is 0. The number of hydrogen-bond donors (Lipinski definition) is 3. The summed E-state index contributed by atoms with van der Waals surface area (Å²) >= 11 is 6.63. The van der Waals surface area contributed by atoms with E-state index in [1.807, 2.05) is 30.3 Å². The standard InChI is InChI=1S/C28H25ClF2N4O3/c29-26-19(30)13-22-18(14-28(38-22,23-7-4-10-32-23)16-5-2-1-3-6-16)24(26)25-17(20-15-33-35-34-20)8-9-21(27(25)31)37-12-11-36/h1-3,5-6,8-9,13,15,23,32,36H,4,7,10-12,14H2,(H,33,34,35)/t23-,28?/m0/s1. The number of halogens is 3. The SMILES string of the molecule is OCCOc1ccc(-c2cn[nH]n2)c(-c2c(Cl)c(F)cc3c2CC(c2ccccc2)([C@@H]2CCCN2)O3)c1F. The average molecular weight is 539 g/mol. The molecule has 3 heterocycles. The van der Waals surface area contributed by atoms with Crippen LogP contribution in [0.2, 0.25) is 5.02 Å². The molecule has 0 spiro atoms. The Kier molecular flexibility index (Phi) is 6.51. The molecule has 1 aromatic heterocycles. The van der Waals surface area contributed by atoms with Gasteiger partial charge in [0, 0.05) is 34.7 Å². The maximum Gasteiger partial charge on any atom is 0.173 e. The Labute approximate surface area is 222 Å². The lowest BCUT2D eigenvalue weighted by Gasteiger charge is -2.35. The van der Waals surface area contributed by atoms with E-state index in [2.05, 4.69) is 20.7 Å². The van der Waals surface area contributed by atoms with Crippen molar-refractivity contribution in [3.8, 4) is 33.9 Å². The van der Waals surface area contributed by atoms with Crippen molar-refractivity contribution in [1.82, 2.24) is 20.7 Å². The number of rotatable bonds is 7. The molecule has 38 heavy (non-hydrogen) atoms. The van der Waals surface area contributed by atoms with Gasteiger partial charge in [0.05, 0.1) is 23.9 Å². The summed E-state index contributed by atoms with van der Waals surface area (Å²) in [5.41, 5.74) is 1.63. The molecule has 0 saturated carbocycles.